The number of benzene rings is 2. The van der Waals surface area contributed by atoms with Crippen molar-refractivity contribution in [3.8, 4) is 0 Å². The third kappa shape index (κ3) is 6.15. The molecule has 0 aliphatic carbocycles. The standard InChI is InChI=1S/C17H18F2N2O3S/c1-25(23,24)21-14-7-4-12(5-8-14)3-2-10-20-17(22)13-6-9-15(18)16(19)11-13/h4-9,11,21H,2-3,10H2,1H3,(H,20,22). The first-order valence-electron chi connectivity index (χ1n) is 7.54. The molecular weight excluding hydrogens is 350 g/mol. The minimum absolute atomic E-state index is 0.0649. The van der Waals surface area contributed by atoms with Crippen molar-refractivity contribution in [3.05, 3.63) is 65.2 Å². The molecule has 2 aromatic carbocycles. The van der Waals surface area contributed by atoms with Gasteiger partial charge in [0.25, 0.3) is 5.91 Å². The predicted molar refractivity (Wildman–Crippen MR) is 91.9 cm³/mol. The quantitative estimate of drug-likeness (QED) is 0.738. The van der Waals surface area contributed by atoms with Crippen LogP contribution in [-0.4, -0.2) is 27.1 Å². The van der Waals surface area contributed by atoms with Crippen LogP contribution >= 0.6 is 0 Å². The van der Waals surface area contributed by atoms with Crippen LogP contribution in [-0.2, 0) is 16.4 Å². The van der Waals surface area contributed by atoms with E-state index in [0.717, 1.165) is 24.0 Å². The van der Waals surface area contributed by atoms with Gasteiger partial charge < -0.3 is 5.32 Å². The Morgan fingerprint density at radius 3 is 2.32 bits per heavy atom. The van der Waals surface area contributed by atoms with Crippen LogP contribution in [0.3, 0.4) is 0 Å². The summed E-state index contributed by atoms with van der Waals surface area (Å²) in [4.78, 5) is 11.8. The first-order valence-corrected chi connectivity index (χ1v) is 9.44. The molecule has 0 heterocycles. The molecule has 0 atom stereocenters. The maximum Gasteiger partial charge on any atom is 0.251 e. The van der Waals surface area contributed by atoms with Crippen LogP contribution in [0.15, 0.2) is 42.5 Å². The summed E-state index contributed by atoms with van der Waals surface area (Å²) in [5.41, 5.74) is 1.54. The highest BCUT2D eigenvalue weighted by Gasteiger charge is 2.09. The summed E-state index contributed by atoms with van der Waals surface area (Å²) in [5.74, 6) is -2.52. The van der Waals surface area contributed by atoms with Crippen molar-refractivity contribution in [2.24, 2.45) is 0 Å². The van der Waals surface area contributed by atoms with Crippen molar-refractivity contribution in [1.29, 1.82) is 0 Å². The first-order chi connectivity index (χ1) is 11.7. The van der Waals surface area contributed by atoms with Gasteiger partial charge in [0.05, 0.1) is 6.26 Å². The second kappa shape index (κ2) is 8.06. The van der Waals surface area contributed by atoms with E-state index < -0.39 is 27.6 Å². The Labute approximate surface area is 145 Å². The molecule has 0 aliphatic heterocycles. The number of hydrogen-bond donors (Lipinski definition) is 2. The highest BCUT2D eigenvalue weighted by Crippen LogP contribution is 2.12. The van der Waals surface area contributed by atoms with E-state index in [1.807, 2.05) is 0 Å². The maximum atomic E-state index is 13.1. The molecule has 0 aliphatic rings. The van der Waals surface area contributed by atoms with Crippen LogP contribution in [0.4, 0.5) is 14.5 Å². The van der Waals surface area contributed by atoms with E-state index in [1.54, 1.807) is 24.3 Å². The van der Waals surface area contributed by atoms with Gasteiger partial charge in [-0.15, -0.1) is 0 Å². The van der Waals surface area contributed by atoms with Crippen LogP contribution in [0.25, 0.3) is 0 Å². The van der Waals surface area contributed by atoms with Gasteiger partial charge in [-0.05, 0) is 48.7 Å². The fourth-order valence-electron chi connectivity index (χ4n) is 2.19. The molecule has 0 bridgehead atoms. The molecule has 0 spiro atoms. The summed E-state index contributed by atoms with van der Waals surface area (Å²) in [7, 11) is -3.30. The van der Waals surface area contributed by atoms with Crippen LogP contribution in [0.2, 0.25) is 0 Å². The number of nitrogens with one attached hydrogen (secondary N) is 2. The third-order valence-electron chi connectivity index (χ3n) is 3.37. The molecular formula is C17H18F2N2O3S. The zero-order chi connectivity index (χ0) is 18.4. The zero-order valence-corrected chi connectivity index (χ0v) is 14.4. The van der Waals surface area contributed by atoms with Crippen molar-refractivity contribution in [2.45, 2.75) is 12.8 Å². The van der Waals surface area contributed by atoms with E-state index in [9.17, 15) is 22.0 Å². The Morgan fingerprint density at radius 1 is 1.04 bits per heavy atom. The van der Waals surface area contributed by atoms with Crippen molar-refractivity contribution >= 4 is 21.6 Å². The Hall–Kier alpha value is -2.48. The number of carbonyl (C=O) groups excluding carboxylic acids is 1. The Kier molecular flexibility index (Phi) is 6.08. The van der Waals surface area contributed by atoms with E-state index in [2.05, 4.69) is 10.0 Å². The van der Waals surface area contributed by atoms with Crippen LogP contribution in [0, 0.1) is 11.6 Å². The lowest BCUT2D eigenvalue weighted by Gasteiger charge is -2.07. The van der Waals surface area contributed by atoms with E-state index in [1.165, 1.54) is 6.07 Å². The van der Waals surface area contributed by atoms with Crippen molar-refractivity contribution < 1.29 is 22.0 Å². The molecule has 0 radical (unpaired) electrons. The average Bonchev–Trinajstić information content (AvgIpc) is 2.54. The van der Waals surface area contributed by atoms with E-state index in [0.29, 0.717) is 25.1 Å². The molecule has 0 unspecified atom stereocenters. The molecule has 134 valence electrons. The first kappa shape index (κ1) is 18.9. The fourth-order valence-corrected chi connectivity index (χ4v) is 2.75. The smallest absolute Gasteiger partial charge is 0.251 e. The second-order valence-corrected chi connectivity index (χ2v) is 7.31. The number of aryl methyl sites for hydroxylation is 1. The molecule has 5 nitrogen and oxygen atoms in total. The third-order valence-corrected chi connectivity index (χ3v) is 3.97. The monoisotopic (exact) mass is 368 g/mol. The molecule has 25 heavy (non-hydrogen) atoms. The van der Waals surface area contributed by atoms with Gasteiger partial charge in [-0.3, -0.25) is 9.52 Å². The Morgan fingerprint density at radius 2 is 1.72 bits per heavy atom. The van der Waals surface area contributed by atoms with Crippen molar-refractivity contribution in [1.82, 2.24) is 5.32 Å². The van der Waals surface area contributed by atoms with Gasteiger partial charge in [0.15, 0.2) is 11.6 Å². The second-order valence-electron chi connectivity index (χ2n) is 5.56. The molecule has 0 aromatic heterocycles. The molecule has 0 saturated carbocycles. The molecule has 1 amide bonds. The lowest BCUT2D eigenvalue weighted by molar-refractivity contribution is 0.0952. The SMILES string of the molecule is CS(=O)(=O)Nc1ccc(CCCNC(=O)c2ccc(F)c(F)c2)cc1. The minimum Gasteiger partial charge on any atom is -0.352 e. The van der Waals surface area contributed by atoms with E-state index in [4.69, 9.17) is 0 Å². The summed E-state index contributed by atoms with van der Waals surface area (Å²) < 4.78 is 50.5. The van der Waals surface area contributed by atoms with Gasteiger partial charge in [-0.2, -0.15) is 0 Å². The number of anilines is 1. The Balaban J connectivity index is 1.79. The molecule has 2 rings (SSSR count). The largest absolute Gasteiger partial charge is 0.352 e. The van der Waals surface area contributed by atoms with Gasteiger partial charge in [-0.1, -0.05) is 12.1 Å². The van der Waals surface area contributed by atoms with E-state index >= 15 is 0 Å². The molecule has 2 aromatic rings. The molecule has 0 saturated heterocycles. The topological polar surface area (TPSA) is 75.3 Å². The van der Waals surface area contributed by atoms with Crippen molar-refractivity contribution in [2.75, 3.05) is 17.5 Å². The molecule has 0 fully saturated rings. The van der Waals surface area contributed by atoms with Gasteiger partial charge >= 0.3 is 0 Å². The maximum absolute atomic E-state index is 13.1. The summed E-state index contributed by atoms with van der Waals surface area (Å²) in [6.45, 7) is 0.376. The number of amides is 1. The number of halogens is 2. The lowest BCUT2D eigenvalue weighted by atomic mass is 10.1. The highest BCUT2D eigenvalue weighted by atomic mass is 32.2. The van der Waals surface area contributed by atoms with Crippen LogP contribution in [0.5, 0.6) is 0 Å². The Bertz CT molecular complexity index is 853. The summed E-state index contributed by atoms with van der Waals surface area (Å²) in [6, 6.07) is 9.91. The average molecular weight is 368 g/mol. The van der Waals surface area contributed by atoms with Crippen LogP contribution in [0.1, 0.15) is 22.3 Å². The summed E-state index contributed by atoms with van der Waals surface area (Å²) >= 11 is 0. The number of sulfonamides is 1. The number of rotatable bonds is 7. The number of hydrogen-bond acceptors (Lipinski definition) is 3. The van der Waals surface area contributed by atoms with Gasteiger partial charge in [0.2, 0.25) is 10.0 Å². The zero-order valence-electron chi connectivity index (χ0n) is 13.6. The normalized spacial score (nSPS) is 11.2. The van der Waals surface area contributed by atoms with Gasteiger partial charge in [0.1, 0.15) is 0 Å². The van der Waals surface area contributed by atoms with Gasteiger partial charge in [0, 0.05) is 17.8 Å². The van der Waals surface area contributed by atoms with Gasteiger partial charge in [-0.25, -0.2) is 17.2 Å². The summed E-state index contributed by atoms with van der Waals surface area (Å²) in [6.07, 6.45) is 2.40. The fraction of sp³-hybridized carbons (Fsp3) is 0.235. The van der Waals surface area contributed by atoms with E-state index in [-0.39, 0.29) is 5.56 Å². The van der Waals surface area contributed by atoms with Crippen LogP contribution < -0.4 is 10.0 Å². The highest BCUT2D eigenvalue weighted by molar-refractivity contribution is 7.92. The van der Waals surface area contributed by atoms with Crippen molar-refractivity contribution in [3.63, 3.8) is 0 Å². The molecule has 2 N–H and O–H groups in total. The number of carbonyl (C=O) groups is 1. The predicted octanol–water partition coefficient (Wildman–Crippen LogP) is 2.70. The lowest BCUT2D eigenvalue weighted by Crippen LogP contribution is -2.24. The minimum atomic E-state index is -3.30. The summed E-state index contributed by atoms with van der Waals surface area (Å²) in [5, 5.41) is 2.64. The molecule has 8 heteroatoms.